The van der Waals surface area contributed by atoms with Crippen LogP contribution in [0.4, 0.5) is 0 Å². The summed E-state index contributed by atoms with van der Waals surface area (Å²) in [6.07, 6.45) is 2.58. The highest BCUT2D eigenvalue weighted by atomic mass is 32.2. The topological polar surface area (TPSA) is 39.4 Å². The molecule has 0 N–H and O–H groups in total. The van der Waals surface area contributed by atoms with Crippen LogP contribution in [0.5, 0.6) is 0 Å². The number of hydrogen-bond acceptors (Lipinski definition) is 3. The molecule has 0 radical (unpaired) electrons. The van der Waals surface area contributed by atoms with E-state index < -0.39 is 11.4 Å². The van der Waals surface area contributed by atoms with E-state index >= 15 is 0 Å². The molecule has 3 nitrogen and oxygen atoms in total. The van der Waals surface area contributed by atoms with Gasteiger partial charge in [0.2, 0.25) is 0 Å². The molecule has 20 heavy (non-hydrogen) atoms. The third kappa shape index (κ3) is 3.37. The Morgan fingerprint density at radius 1 is 1.30 bits per heavy atom. The van der Waals surface area contributed by atoms with Gasteiger partial charge in [0.05, 0.1) is 12.3 Å². The van der Waals surface area contributed by atoms with E-state index in [4.69, 9.17) is 4.42 Å². The predicted octanol–water partition coefficient (Wildman–Crippen LogP) is 3.76. The maximum Gasteiger partial charge on any atom is 0.137 e. The van der Waals surface area contributed by atoms with Crippen molar-refractivity contribution < 1.29 is 8.97 Å². The zero-order valence-electron chi connectivity index (χ0n) is 12.8. The molecule has 1 heterocycles. The quantitative estimate of drug-likeness (QED) is 0.806. The predicted molar refractivity (Wildman–Crippen MR) is 85.0 cm³/mol. The minimum absolute atomic E-state index is 0.222. The highest BCUT2D eigenvalue weighted by Crippen LogP contribution is 2.23. The van der Waals surface area contributed by atoms with Crippen LogP contribution < -0.4 is 0 Å². The molecule has 0 spiro atoms. The van der Waals surface area contributed by atoms with Crippen molar-refractivity contribution in [2.75, 3.05) is 7.05 Å². The van der Waals surface area contributed by atoms with Crippen LogP contribution in [0.25, 0.3) is 11.0 Å². The Balaban J connectivity index is 2.08. The van der Waals surface area contributed by atoms with E-state index in [9.17, 15) is 4.55 Å². The van der Waals surface area contributed by atoms with Crippen molar-refractivity contribution >= 4 is 22.3 Å². The minimum atomic E-state index is -0.990. The van der Waals surface area contributed by atoms with Crippen LogP contribution >= 0.6 is 0 Å². The van der Waals surface area contributed by atoms with Crippen molar-refractivity contribution in [2.45, 2.75) is 44.9 Å². The Labute approximate surface area is 124 Å². The molecule has 110 valence electrons. The van der Waals surface area contributed by atoms with Gasteiger partial charge in [-0.05, 0) is 57.9 Å². The molecule has 2 aromatic rings. The fourth-order valence-electron chi connectivity index (χ4n) is 2.21. The fourth-order valence-corrected chi connectivity index (χ4v) is 3.47. The van der Waals surface area contributed by atoms with Gasteiger partial charge in [0.1, 0.15) is 10.3 Å². The Hall–Kier alpha value is -0.970. The van der Waals surface area contributed by atoms with Crippen LogP contribution in [0.15, 0.2) is 34.9 Å². The van der Waals surface area contributed by atoms with Crippen LogP contribution in [-0.2, 0) is 17.8 Å². The summed E-state index contributed by atoms with van der Waals surface area (Å²) in [6, 6.07) is 8.41. The van der Waals surface area contributed by atoms with Gasteiger partial charge in [0.15, 0.2) is 0 Å². The van der Waals surface area contributed by atoms with Gasteiger partial charge in [-0.15, -0.1) is 4.31 Å². The first-order valence-corrected chi connectivity index (χ1v) is 8.00. The standard InChI is InChI=1S/C16H23NO2S/c1-12(17(5)20(18)16(2,3)4)10-13-6-7-15-14(11-13)8-9-19-15/h6-9,11-12H,10H2,1-5H3/t12-,20-/m1/s1. The summed E-state index contributed by atoms with van der Waals surface area (Å²) >= 11 is -0.990. The van der Waals surface area contributed by atoms with E-state index in [1.54, 1.807) is 6.26 Å². The Bertz CT molecular complexity index is 573. The second kappa shape index (κ2) is 5.80. The van der Waals surface area contributed by atoms with E-state index in [1.165, 1.54) is 5.56 Å². The third-order valence-electron chi connectivity index (χ3n) is 3.45. The summed E-state index contributed by atoms with van der Waals surface area (Å²) < 4.78 is 19.5. The molecule has 1 aromatic heterocycles. The lowest BCUT2D eigenvalue weighted by Crippen LogP contribution is -2.45. The molecule has 0 aliphatic carbocycles. The van der Waals surface area contributed by atoms with Crippen LogP contribution in [-0.4, -0.2) is 26.7 Å². The number of likely N-dealkylation sites (N-methyl/N-ethyl adjacent to an activating group) is 1. The van der Waals surface area contributed by atoms with Gasteiger partial charge in [-0.3, -0.25) is 0 Å². The van der Waals surface area contributed by atoms with Gasteiger partial charge < -0.3 is 8.97 Å². The number of hydrogen-bond donors (Lipinski definition) is 0. The molecule has 0 amide bonds. The smallest absolute Gasteiger partial charge is 0.137 e. The molecule has 0 fully saturated rings. The average Bonchev–Trinajstić information content (AvgIpc) is 2.83. The number of nitrogens with zero attached hydrogens (tertiary/aromatic N) is 1. The summed E-state index contributed by atoms with van der Waals surface area (Å²) in [4.78, 5) is 0. The van der Waals surface area contributed by atoms with E-state index in [0.29, 0.717) is 0 Å². The molecule has 0 bridgehead atoms. The zero-order chi connectivity index (χ0) is 14.9. The number of furan rings is 1. The van der Waals surface area contributed by atoms with Crippen molar-refractivity contribution in [3.05, 3.63) is 36.1 Å². The zero-order valence-corrected chi connectivity index (χ0v) is 13.7. The van der Waals surface area contributed by atoms with Crippen LogP contribution in [0.1, 0.15) is 33.3 Å². The summed E-state index contributed by atoms with van der Waals surface area (Å²) in [5, 5.41) is 1.12. The molecule has 0 saturated heterocycles. The van der Waals surface area contributed by atoms with Gasteiger partial charge in [-0.25, -0.2) is 0 Å². The van der Waals surface area contributed by atoms with Crippen molar-refractivity contribution in [3.63, 3.8) is 0 Å². The van der Waals surface area contributed by atoms with Gasteiger partial charge in [-0.2, -0.15) is 0 Å². The first kappa shape index (κ1) is 15.4. The summed E-state index contributed by atoms with van der Waals surface area (Å²) in [5.41, 5.74) is 2.15. The lowest BCUT2D eigenvalue weighted by Gasteiger charge is -2.33. The molecule has 0 aliphatic rings. The highest BCUT2D eigenvalue weighted by molar-refractivity contribution is 7.90. The molecule has 0 unspecified atom stereocenters. The third-order valence-corrected chi connectivity index (χ3v) is 5.38. The molecule has 2 rings (SSSR count). The maximum absolute atomic E-state index is 12.4. The first-order chi connectivity index (χ1) is 9.29. The van der Waals surface area contributed by atoms with E-state index in [2.05, 4.69) is 19.1 Å². The normalized spacial score (nSPS) is 15.8. The number of rotatable bonds is 4. The lowest BCUT2D eigenvalue weighted by atomic mass is 10.1. The highest BCUT2D eigenvalue weighted by Gasteiger charge is 2.33. The molecular formula is C16H23NO2S. The van der Waals surface area contributed by atoms with E-state index in [-0.39, 0.29) is 10.8 Å². The van der Waals surface area contributed by atoms with Gasteiger partial charge in [0, 0.05) is 23.8 Å². The number of benzene rings is 1. The number of fused-ring (bicyclic) bond motifs is 1. The van der Waals surface area contributed by atoms with Crippen molar-refractivity contribution in [2.24, 2.45) is 0 Å². The summed E-state index contributed by atoms with van der Waals surface area (Å²) in [5.74, 6) is 0. The van der Waals surface area contributed by atoms with E-state index in [1.807, 2.05) is 44.3 Å². The second-order valence-corrected chi connectivity index (χ2v) is 8.55. The van der Waals surface area contributed by atoms with Crippen molar-refractivity contribution in [1.82, 2.24) is 4.31 Å². The van der Waals surface area contributed by atoms with Gasteiger partial charge >= 0.3 is 0 Å². The van der Waals surface area contributed by atoms with E-state index in [0.717, 1.165) is 17.4 Å². The largest absolute Gasteiger partial charge is 0.598 e. The SMILES string of the molecule is C[C@H](Cc1ccc2occc2c1)N(C)[S@+]([O-])C(C)(C)C. The van der Waals surface area contributed by atoms with Crippen LogP contribution in [0.3, 0.4) is 0 Å². The van der Waals surface area contributed by atoms with Crippen molar-refractivity contribution in [1.29, 1.82) is 0 Å². The van der Waals surface area contributed by atoms with Crippen molar-refractivity contribution in [3.8, 4) is 0 Å². The first-order valence-electron chi connectivity index (χ1n) is 6.90. The Morgan fingerprint density at radius 2 is 2.00 bits per heavy atom. The van der Waals surface area contributed by atoms with Crippen LogP contribution in [0, 0.1) is 0 Å². The Morgan fingerprint density at radius 3 is 2.65 bits per heavy atom. The lowest BCUT2D eigenvalue weighted by molar-refractivity contribution is 0.373. The van der Waals surface area contributed by atoms with Gasteiger partial charge in [0.25, 0.3) is 0 Å². The molecule has 0 saturated carbocycles. The monoisotopic (exact) mass is 293 g/mol. The Kier molecular flexibility index (Phi) is 4.47. The molecule has 1 aromatic carbocycles. The second-order valence-electron chi connectivity index (χ2n) is 6.25. The summed E-state index contributed by atoms with van der Waals surface area (Å²) in [6.45, 7) is 8.13. The molecule has 2 atom stereocenters. The molecular weight excluding hydrogens is 270 g/mol. The van der Waals surface area contributed by atoms with Crippen LogP contribution in [0.2, 0.25) is 0 Å². The summed E-state index contributed by atoms with van der Waals surface area (Å²) in [7, 11) is 1.93. The molecule has 4 heteroatoms. The maximum atomic E-state index is 12.4. The fraction of sp³-hybridized carbons (Fsp3) is 0.500. The minimum Gasteiger partial charge on any atom is -0.598 e. The molecule has 0 aliphatic heterocycles. The average molecular weight is 293 g/mol. The van der Waals surface area contributed by atoms with Gasteiger partial charge in [-0.1, -0.05) is 6.07 Å².